The lowest BCUT2D eigenvalue weighted by molar-refractivity contribution is 1.14. The molecule has 2 aromatic carbocycles. The van der Waals surface area contributed by atoms with E-state index in [0.29, 0.717) is 0 Å². The molecule has 0 aliphatic heterocycles. The Balaban J connectivity index is 2.39. The van der Waals surface area contributed by atoms with Crippen LogP contribution in [-0.2, 0) is 0 Å². The van der Waals surface area contributed by atoms with Crippen LogP contribution in [0.2, 0.25) is 0 Å². The van der Waals surface area contributed by atoms with Gasteiger partial charge in [-0.3, -0.25) is 0 Å². The fourth-order valence-electron chi connectivity index (χ4n) is 2.80. The molecule has 1 heteroatoms. The molecule has 0 bridgehead atoms. The van der Waals surface area contributed by atoms with E-state index in [2.05, 4.69) is 50.2 Å². The average Bonchev–Trinajstić information content (AvgIpc) is 2.56. The van der Waals surface area contributed by atoms with E-state index in [1.807, 2.05) is 0 Å². The summed E-state index contributed by atoms with van der Waals surface area (Å²) in [6.07, 6.45) is 0. The predicted octanol–water partition coefficient (Wildman–Crippen LogP) is 3.54. The van der Waals surface area contributed by atoms with Crippen molar-refractivity contribution in [1.29, 1.82) is 0 Å². The fourth-order valence-corrected chi connectivity index (χ4v) is 2.80. The first-order valence-corrected chi connectivity index (χ1v) is 5.65. The van der Waals surface area contributed by atoms with Crippen LogP contribution in [0.1, 0.15) is 28.1 Å². The fraction of sp³-hybridized carbons (Fsp3) is 0.200. The summed E-state index contributed by atoms with van der Waals surface area (Å²) < 4.78 is 0. The van der Waals surface area contributed by atoms with Crippen molar-refractivity contribution in [2.75, 3.05) is 0 Å². The number of fused-ring (bicyclic) bond motifs is 3. The van der Waals surface area contributed by atoms with Crippen molar-refractivity contribution < 1.29 is 0 Å². The first-order chi connectivity index (χ1) is 7.70. The van der Waals surface area contributed by atoms with E-state index in [1.165, 1.54) is 33.4 Å². The molecule has 76 valence electrons. The van der Waals surface area contributed by atoms with Gasteiger partial charge < -0.3 is 0 Å². The summed E-state index contributed by atoms with van der Waals surface area (Å²) in [6, 6.07) is 12.8. The van der Waals surface area contributed by atoms with Crippen molar-refractivity contribution >= 4 is 7.85 Å². The second-order valence-electron chi connectivity index (χ2n) is 4.55. The molecule has 0 atom stereocenters. The van der Waals surface area contributed by atoms with Crippen LogP contribution >= 0.6 is 0 Å². The van der Waals surface area contributed by atoms with E-state index in [9.17, 15) is 0 Å². The summed E-state index contributed by atoms with van der Waals surface area (Å²) in [5, 5.41) is 0. The molecule has 0 heterocycles. The monoisotopic (exact) mass is 204 g/mol. The standard InChI is InChI=1S/C15H13B/c1-9-5-3-7-11-12-8-4-6-10(2)14(12)15(16)13(9)11/h3-8,15H,1-2H3. The number of benzene rings is 2. The highest BCUT2D eigenvalue weighted by Crippen LogP contribution is 2.45. The zero-order valence-corrected chi connectivity index (χ0v) is 9.62. The molecule has 2 aromatic rings. The number of aryl methyl sites for hydroxylation is 2. The Morgan fingerprint density at radius 2 is 1.25 bits per heavy atom. The number of hydrogen-bond donors (Lipinski definition) is 0. The van der Waals surface area contributed by atoms with Gasteiger partial charge in [-0.05, 0) is 53.0 Å². The average molecular weight is 204 g/mol. The smallest absolute Gasteiger partial charge is 0.0614 e. The summed E-state index contributed by atoms with van der Waals surface area (Å²) in [7, 11) is 6.36. The Morgan fingerprint density at radius 3 is 1.69 bits per heavy atom. The maximum atomic E-state index is 6.36. The van der Waals surface area contributed by atoms with Gasteiger partial charge in [0.2, 0.25) is 0 Å². The minimum Gasteiger partial charge on any atom is -0.0614 e. The first-order valence-electron chi connectivity index (χ1n) is 5.65. The van der Waals surface area contributed by atoms with Gasteiger partial charge in [0.1, 0.15) is 0 Å². The highest BCUT2D eigenvalue weighted by atomic mass is 14.3. The van der Waals surface area contributed by atoms with Crippen molar-refractivity contribution in [3.63, 3.8) is 0 Å². The molecule has 0 aromatic heterocycles. The van der Waals surface area contributed by atoms with E-state index in [4.69, 9.17) is 7.85 Å². The molecule has 0 amide bonds. The van der Waals surface area contributed by atoms with Crippen LogP contribution < -0.4 is 0 Å². The quantitative estimate of drug-likeness (QED) is 0.575. The Kier molecular flexibility index (Phi) is 1.97. The van der Waals surface area contributed by atoms with Gasteiger partial charge in [-0.2, -0.15) is 0 Å². The van der Waals surface area contributed by atoms with E-state index >= 15 is 0 Å². The molecule has 2 radical (unpaired) electrons. The van der Waals surface area contributed by atoms with E-state index < -0.39 is 0 Å². The molecule has 0 saturated heterocycles. The molecule has 0 fully saturated rings. The van der Waals surface area contributed by atoms with Crippen LogP contribution in [0.3, 0.4) is 0 Å². The van der Waals surface area contributed by atoms with Crippen LogP contribution in [-0.4, -0.2) is 7.85 Å². The summed E-state index contributed by atoms with van der Waals surface area (Å²) in [6.45, 7) is 4.28. The predicted molar refractivity (Wildman–Crippen MR) is 68.9 cm³/mol. The molecule has 0 N–H and O–H groups in total. The molecule has 0 spiro atoms. The Labute approximate surface area is 97.7 Å². The van der Waals surface area contributed by atoms with Gasteiger partial charge in [-0.25, -0.2) is 0 Å². The second-order valence-corrected chi connectivity index (χ2v) is 4.55. The summed E-state index contributed by atoms with van der Waals surface area (Å²) in [5.74, 6) is 0.0485. The maximum absolute atomic E-state index is 6.36. The van der Waals surface area contributed by atoms with Gasteiger partial charge in [0, 0.05) is 0 Å². The number of rotatable bonds is 0. The van der Waals surface area contributed by atoms with E-state index in [0.717, 1.165) is 0 Å². The largest absolute Gasteiger partial charge is 0.0829 e. The van der Waals surface area contributed by atoms with Gasteiger partial charge in [0.25, 0.3) is 0 Å². The van der Waals surface area contributed by atoms with Crippen molar-refractivity contribution in [2.45, 2.75) is 19.7 Å². The molecular formula is C15H13B. The molecule has 3 rings (SSSR count). The van der Waals surface area contributed by atoms with E-state index in [1.54, 1.807) is 0 Å². The highest BCUT2D eigenvalue weighted by molar-refractivity contribution is 6.18. The molecular weight excluding hydrogens is 191 g/mol. The van der Waals surface area contributed by atoms with E-state index in [-0.39, 0.29) is 5.82 Å². The first kappa shape index (κ1) is 9.71. The summed E-state index contributed by atoms with van der Waals surface area (Å²) >= 11 is 0. The number of hydrogen-bond acceptors (Lipinski definition) is 0. The Hall–Kier alpha value is -1.50. The van der Waals surface area contributed by atoms with Crippen LogP contribution in [0, 0.1) is 13.8 Å². The lowest BCUT2D eigenvalue weighted by Crippen LogP contribution is -1.99. The summed E-state index contributed by atoms with van der Waals surface area (Å²) in [5.41, 5.74) is 7.80. The minimum atomic E-state index is 0.0485. The zero-order valence-electron chi connectivity index (χ0n) is 9.62. The SMILES string of the molecule is [B]C1c2c(C)cccc2-c2cccc(C)c21. The van der Waals surface area contributed by atoms with Crippen molar-refractivity contribution in [3.05, 3.63) is 58.7 Å². The van der Waals surface area contributed by atoms with Gasteiger partial charge in [-0.15, -0.1) is 0 Å². The molecule has 1 aliphatic rings. The molecule has 0 saturated carbocycles. The normalized spacial score (nSPS) is 13.6. The van der Waals surface area contributed by atoms with Crippen molar-refractivity contribution in [1.82, 2.24) is 0 Å². The molecule has 16 heavy (non-hydrogen) atoms. The lowest BCUT2D eigenvalue weighted by atomic mass is 9.76. The molecule has 0 nitrogen and oxygen atoms in total. The van der Waals surface area contributed by atoms with Crippen LogP contribution in [0.4, 0.5) is 0 Å². The highest BCUT2D eigenvalue weighted by Gasteiger charge is 2.26. The maximum Gasteiger partial charge on any atom is 0.0829 e. The summed E-state index contributed by atoms with van der Waals surface area (Å²) in [4.78, 5) is 0. The second kappa shape index (κ2) is 3.25. The lowest BCUT2D eigenvalue weighted by Gasteiger charge is -2.11. The van der Waals surface area contributed by atoms with Crippen molar-refractivity contribution in [3.8, 4) is 11.1 Å². The zero-order chi connectivity index (χ0) is 11.3. The van der Waals surface area contributed by atoms with Gasteiger partial charge >= 0.3 is 0 Å². The van der Waals surface area contributed by atoms with Gasteiger partial charge in [0.15, 0.2) is 0 Å². The van der Waals surface area contributed by atoms with Gasteiger partial charge in [0.05, 0.1) is 7.85 Å². The Morgan fingerprint density at radius 1 is 0.812 bits per heavy atom. The van der Waals surface area contributed by atoms with Crippen LogP contribution in [0.5, 0.6) is 0 Å². The minimum absolute atomic E-state index is 0.0485. The van der Waals surface area contributed by atoms with Crippen LogP contribution in [0.15, 0.2) is 36.4 Å². The van der Waals surface area contributed by atoms with Crippen LogP contribution in [0.25, 0.3) is 11.1 Å². The third-order valence-electron chi connectivity index (χ3n) is 3.56. The molecule has 0 unspecified atom stereocenters. The van der Waals surface area contributed by atoms with Crippen molar-refractivity contribution in [2.24, 2.45) is 0 Å². The molecule has 1 aliphatic carbocycles. The van der Waals surface area contributed by atoms with Gasteiger partial charge in [-0.1, -0.05) is 36.4 Å². The third kappa shape index (κ3) is 1.12. The topological polar surface area (TPSA) is 0 Å². The third-order valence-corrected chi connectivity index (χ3v) is 3.56. The Bertz CT molecular complexity index is 518.